The number of nitrogen functional groups attached to an aromatic ring is 1. The number of nitrogens with two attached hydrogens (primary N) is 1. The van der Waals surface area contributed by atoms with E-state index in [1.807, 2.05) is 0 Å². The lowest BCUT2D eigenvalue weighted by Crippen LogP contribution is -2.57. The quantitative estimate of drug-likeness (QED) is 0.181. The fourth-order valence-electron chi connectivity index (χ4n) is 2.83. The molecule has 9 N–H and O–H groups in total. The number of fused-ring (bicyclic) bond motifs is 1. The molecule has 2 aromatic rings. The second-order valence-electron chi connectivity index (χ2n) is 6.83. The van der Waals surface area contributed by atoms with Crippen molar-refractivity contribution in [2.24, 2.45) is 0 Å². The van der Waals surface area contributed by atoms with E-state index in [0.717, 1.165) is 0 Å². The molecule has 3 heterocycles. The lowest BCUT2D eigenvalue weighted by molar-refractivity contribution is -0.203. The van der Waals surface area contributed by atoms with Crippen LogP contribution in [0, 0.1) is 0 Å². The smallest absolute Gasteiger partial charge is 0.271 e. The molecule has 1 fully saturated rings. The van der Waals surface area contributed by atoms with Crippen LogP contribution in [0.4, 0.5) is 14.6 Å². The van der Waals surface area contributed by atoms with Crippen LogP contribution in [0.3, 0.4) is 0 Å². The van der Waals surface area contributed by atoms with Gasteiger partial charge in [-0.15, -0.1) is 0 Å². The van der Waals surface area contributed by atoms with E-state index >= 15 is 0 Å². The Balaban J connectivity index is 0.000000247. The Kier molecular flexibility index (Phi) is 8.43. The zero-order chi connectivity index (χ0) is 24.2. The Bertz CT molecular complexity index is 906. The molecule has 1 saturated heterocycles. The number of hydrogen-bond acceptors (Lipinski definition) is 13. The molecule has 0 spiro atoms. The zero-order valence-corrected chi connectivity index (χ0v) is 16.3. The molecule has 3 rings (SSSR count). The number of rotatable bonds is 7. The highest BCUT2D eigenvalue weighted by molar-refractivity contribution is 5.81. The highest BCUT2D eigenvalue weighted by atomic mass is 19.3. The molecule has 7 atom stereocenters. The Morgan fingerprint density at radius 2 is 1.88 bits per heavy atom. The van der Waals surface area contributed by atoms with E-state index in [1.165, 1.54) is 17.2 Å². The summed E-state index contributed by atoms with van der Waals surface area (Å²) < 4.78 is 30.9. The number of nitrogens with zero attached hydrogens (tertiary/aromatic N) is 4. The Morgan fingerprint density at radius 3 is 2.38 bits per heavy atom. The molecule has 0 radical (unpaired) electrons. The molecule has 0 bridgehead atoms. The van der Waals surface area contributed by atoms with Crippen LogP contribution < -0.4 is 5.73 Å². The second kappa shape index (κ2) is 10.5. The van der Waals surface area contributed by atoms with Gasteiger partial charge < -0.3 is 51.0 Å². The van der Waals surface area contributed by atoms with Gasteiger partial charge in [-0.2, -0.15) is 0 Å². The van der Waals surface area contributed by atoms with Crippen molar-refractivity contribution >= 4 is 23.3 Å². The fourth-order valence-corrected chi connectivity index (χ4v) is 2.83. The van der Waals surface area contributed by atoms with Crippen LogP contribution in [0.25, 0.3) is 11.2 Å². The summed E-state index contributed by atoms with van der Waals surface area (Å²) in [4.78, 5) is 21.8. The number of alkyl halides is 2. The third-order valence-corrected chi connectivity index (χ3v) is 4.78. The SMILES string of the molecule is Nc1ncnc2c1ncn2[C@@H]1O[C@H](CO)[C@@H](O)[C@H]1O.O=CC(O)C(O)C(O)(CO)C(F)F. The van der Waals surface area contributed by atoms with E-state index in [-0.39, 0.29) is 12.1 Å². The number of ether oxygens (including phenoxy) is 1. The summed E-state index contributed by atoms with van der Waals surface area (Å²) in [6, 6.07) is 0. The van der Waals surface area contributed by atoms with E-state index in [0.29, 0.717) is 11.2 Å². The second-order valence-corrected chi connectivity index (χ2v) is 6.83. The van der Waals surface area contributed by atoms with Gasteiger partial charge in [0.1, 0.15) is 42.4 Å². The average molecular weight is 467 g/mol. The summed E-state index contributed by atoms with van der Waals surface area (Å²) >= 11 is 0. The summed E-state index contributed by atoms with van der Waals surface area (Å²) in [5.74, 6) is 0.218. The van der Waals surface area contributed by atoms with Crippen LogP contribution in [-0.4, -0.2) is 117 Å². The molecule has 16 heteroatoms. The van der Waals surface area contributed by atoms with Crippen LogP contribution in [-0.2, 0) is 9.53 Å². The first kappa shape index (κ1) is 25.8. The van der Waals surface area contributed by atoms with Gasteiger partial charge in [-0.25, -0.2) is 23.7 Å². The van der Waals surface area contributed by atoms with Gasteiger partial charge in [0, 0.05) is 0 Å². The van der Waals surface area contributed by atoms with Crippen molar-refractivity contribution in [3.63, 3.8) is 0 Å². The number of carbonyl (C=O) groups excluding carboxylic acids is 1. The number of aliphatic hydroxyl groups is 7. The Hall–Kier alpha value is -2.44. The number of anilines is 1. The topological polar surface area (TPSA) is 238 Å². The number of aldehydes is 1. The number of imidazole rings is 1. The van der Waals surface area contributed by atoms with Gasteiger partial charge >= 0.3 is 0 Å². The maximum Gasteiger partial charge on any atom is 0.271 e. The number of aromatic nitrogens is 4. The summed E-state index contributed by atoms with van der Waals surface area (Å²) in [5.41, 5.74) is 3.26. The zero-order valence-electron chi connectivity index (χ0n) is 16.3. The van der Waals surface area contributed by atoms with E-state index in [9.17, 15) is 23.8 Å². The average Bonchev–Trinajstić information content (AvgIpc) is 3.34. The number of carbonyl (C=O) groups is 1. The van der Waals surface area contributed by atoms with Crippen LogP contribution in [0.1, 0.15) is 6.23 Å². The van der Waals surface area contributed by atoms with Crippen molar-refractivity contribution in [1.29, 1.82) is 0 Å². The predicted octanol–water partition coefficient (Wildman–Crippen LogP) is -4.08. The summed E-state index contributed by atoms with van der Waals surface area (Å²) in [6.45, 7) is -1.85. The molecule has 1 aliphatic heterocycles. The molecule has 14 nitrogen and oxygen atoms in total. The first-order chi connectivity index (χ1) is 15.0. The molecule has 0 aliphatic carbocycles. The van der Waals surface area contributed by atoms with Crippen LogP contribution in [0.15, 0.2) is 12.7 Å². The van der Waals surface area contributed by atoms with Crippen LogP contribution in [0.2, 0.25) is 0 Å². The molecular weight excluding hydrogens is 444 g/mol. The number of halogens is 2. The molecule has 0 aromatic carbocycles. The minimum atomic E-state index is -3.47. The molecule has 180 valence electrons. The summed E-state index contributed by atoms with van der Waals surface area (Å²) in [6.07, 6.45) is -9.69. The third kappa shape index (κ3) is 4.81. The van der Waals surface area contributed by atoms with E-state index < -0.39 is 62.0 Å². The number of aliphatic hydroxyl groups excluding tert-OH is 6. The van der Waals surface area contributed by atoms with Gasteiger partial charge in [0.2, 0.25) is 0 Å². The first-order valence-electron chi connectivity index (χ1n) is 9.01. The van der Waals surface area contributed by atoms with Crippen molar-refractivity contribution < 1.29 is 54.1 Å². The molecule has 1 aliphatic rings. The first-order valence-corrected chi connectivity index (χ1v) is 9.01. The molecule has 2 aromatic heterocycles. The highest BCUT2D eigenvalue weighted by Gasteiger charge is 2.47. The van der Waals surface area contributed by atoms with Gasteiger partial charge in [-0.1, -0.05) is 0 Å². The normalized spacial score (nSPS) is 26.9. The molecule has 3 unspecified atom stereocenters. The van der Waals surface area contributed by atoms with Crippen molar-refractivity contribution in [2.75, 3.05) is 18.9 Å². The maximum atomic E-state index is 12.0. The van der Waals surface area contributed by atoms with Crippen LogP contribution in [0.5, 0.6) is 0 Å². The van der Waals surface area contributed by atoms with E-state index in [1.54, 1.807) is 0 Å². The molecular formula is C16H23F2N5O9. The highest BCUT2D eigenvalue weighted by Crippen LogP contribution is 2.31. The predicted molar refractivity (Wildman–Crippen MR) is 98.9 cm³/mol. The van der Waals surface area contributed by atoms with Crippen molar-refractivity contribution in [1.82, 2.24) is 19.5 Å². The largest absolute Gasteiger partial charge is 0.394 e. The lowest BCUT2D eigenvalue weighted by Gasteiger charge is -2.31. The Labute approximate surface area is 178 Å². The van der Waals surface area contributed by atoms with Crippen molar-refractivity contribution in [3.8, 4) is 0 Å². The maximum absolute atomic E-state index is 12.0. The van der Waals surface area contributed by atoms with Crippen molar-refractivity contribution in [2.45, 2.75) is 48.8 Å². The monoisotopic (exact) mass is 467 g/mol. The summed E-state index contributed by atoms with van der Waals surface area (Å²) in [7, 11) is 0. The van der Waals surface area contributed by atoms with E-state index in [4.69, 9.17) is 36.0 Å². The van der Waals surface area contributed by atoms with Gasteiger partial charge in [-0.05, 0) is 0 Å². The number of hydrogen-bond donors (Lipinski definition) is 8. The van der Waals surface area contributed by atoms with Gasteiger partial charge in [0.15, 0.2) is 29.6 Å². The van der Waals surface area contributed by atoms with Gasteiger partial charge in [0.25, 0.3) is 6.43 Å². The Morgan fingerprint density at radius 1 is 1.22 bits per heavy atom. The van der Waals surface area contributed by atoms with Crippen molar-refractivity contribution in [3.05, 3.63) is 12.7 Å². The van der Waals surface area contributed by atoms with Gasteiger partial charge in [-0.3, -0.25) is 4.57 Å². The van der Waals surface area contributed by atoms with E-state index in [2.05, 4.69) is 15.0 Å². The third-order valence-electron chi connectivity index (χ3n) is 4.78. The minimum absolute atomic E-state index is 0.215. The summed E-state index contributed by atoms with van der Waals surface area (Å²) in [5, 5.41) is 63.4. The molecule has 0 amide bonds. The fraction of sp³-hybridized carbons (Fsp3) is 0.625. The van der Waals surface area contributed by atoms with Crippen LogP contribution >= 0.6 is 0 Å². The molecule has 0 saturated carbocycles. The molecule has 32 heavy (non-hydrogen) atoms. The lowest BCUT2D eigenvalue weighted by atomic mass is 9.94. The van der Waals surface area contributed by atoms with Gasteiger partial charge in [0.05, 0.1) is 19.5 Å². The standard InChI is InChI=1S/C10H13N5O4.C6H10F2O5/c11-8-5-9(13-2-12-8)15(3-14-5)10-7(18)6(17)4(1-16)19-10;7-5(8)6(13,2-10)4(12)3(11)1-9/h2-4,6-7,10,16-18H,1H2,(H2,11,12,13);1,3-5,10-13H,2H2/t4-,6-,7-,10-;/m1./s1. The minimum Gasteiger partial charge on any atom is -0.394 e.